The summed E-state index contributed by atoms with van der Waals surface area (Å²) in [6, 6.07) is 11.4. The van der Waals surface area contributed by atoms with Gasteiger partial charge in [0.05, 0.1) is 15.5 Å². The molecule has 0 aliphatic heterocycles. The van der Waals surface area contributed by atoms with Crippen molar-refractivity contribution in [3.8, 4) is 0 Å². The minimum Gasteiger partial charge on any atom is -0.322 e. The number of carbonyl (C=O) groups excluding carboxylic acids is 1. The molecule has 0 heterocycles. The third-order valence-corrected chi connectivity index (χ3v) is 4.07. The number of rotatable bonds is 5. The van der Waals surface area contributed by atoms with Gasteiger partial charge in [0.25, 0.3) is 11.6 Å². The van der Waals surface area contributed by atoms with Gasteiger partial charge in [-0.2, -0.15) is 0 Å². The predicted octanol–water partition coefficient (Wildman–Crippen LogP) is 5.01. The maximum Gasteiger partial charge on any atom is 0.270 e. The van der Waals surface area contributed by atoms with Gasteiger partial charge in [-0.15, -0.1) is 0 Å². The molecule has 120 valence electrons. The number of hydrogen-bond acceptors (Lipinski definition) is 3. The number of nitrogens with zero attached hydrogens (tertiary/aromatic N) is 1. The lowest BCUT2D eigenvalue weighted by Crippen LogP contribution is -2.12. The van der Waals surface area contributed by atoms with Gasteiger partial charge in [0.2, 0.25) is 0 Å². The molecule has 0 radical (unpaired) electrons. The van der Waals surface area contributed by atoms with Crippen molar-refractivity contribution in [2.75, 3.05) is 5.32 Å². The zero-order valence-corrected chi connectivity index (χ0v) is 13.6. The number of nitro benzene ring substituents is 1. The van der Waals surface area contributed by atoms with Crippen molar-refractivity contribution >= 4 is 28.9 Å². The first-order valence-corrected chi connectivity index (χ1v) is 7.65. The van der Waals surface area contributed by atoms with Crippen LogP contribution < -0.4 is 5.32 Å². The molecule has 0 bridgehead atoms. The molecule has 0 spiro atoms. The van der Waals surface area contributed by atoms with Gasteiger partial charge < -0.3 is 5.32 Å². The van der Waals surface area contributed by atoms with E-state index >= 15 is 0 Å². The van der Waals surface area contributed by atoms with Gasteiger partial charge in [0.1, 0.15) is 0 Å². The minimum atomic E-state index is -0.554. The van der Waals surface area contributed by atoms with Gasteiger partial charge in [-0.3, -0.25) is 14.9 Å². The molecule has 0 saturated carbocycles. The van der Waals surface area contributed by atoms with E-state index in [9.17, 15) is 14.9 Å². The summed E-state index contributed by atoms with van der Waals surface area (Å²) < 4.78 is 0. The number of amides is 1. The van der Waals surface area contributed by atoms with E-state index in [0.29, 0.717) is 11.6 Å². The van der Waals surface area contributed by atoms with Crippen LogP contribution in [0.3, 0.4) is 0 Å². The molecule has 1 amide bonds. The first kappa shape index (κ1) is 17.0. The summed E-state index contributed by atoms with van der Waals surface area (Å²) in [4.78, 5) is 22.4. The maximum atomic E-state index is 12.2. The summed E-state index contributed by atoms with van der Waals surface area (Å²) in [6.45, 7) is 4.27. The first-order valence-electron chi connectivity index (χ1n) is 7.27. The lowest BCUT2D eigenvalue weighted by molar-refractivity contribution is -0.384. The molecular weight excluding hydrogens is 316 g/mol. The zero-order valence-electron chi connectivity index (χ0n) is 12.9. The number of nitro groups is 1. The van der Waals surface area contributed by atoms with Crippen LogP contribution in [0.15, 0.2) is 42.5 Å². The van der Waals surface area contributed by atoms with Crippen LogP contribution in [0.25, 0.3) is 0 Å². The zero-order chi connectivity index (χ0) is 17.0. The fourth-order valence-corrected chi connectivity index (χ4v) is 2.39. The molecule has 0 fully saturated rings. The molecule has 5 nitrogen and oxygen atoms in total. The molecule has 1 atom stereocenters. The average molecular weight is 333 g/mol. The normalized spacial score (nSPS) is 11.8. The van der Waals surface area contributed by atoms with Gasteiger partial charge in [-0.1, -0.05) is 37.6 Å². The topological polar surface area (TPSA) is 72.2 Å². The van der Waals surface area contributed by atoms with Crippen molar-refractivity contribution in [3.05, 3.63) is 68.7 Å². The number of halogens is 1. The Labute approximate surface area is 139 Å². The highest BCUT2D eigenvalue weighted by molar-refractivity contribution is 6.34. The molecular formula is C17H17ClN2O3. The van der Waals surface area contributed by atoms with Crippen LogP contribution in [0.4, 0.5) is 11.4 Å². The van der Waals surface area contributed by atoms with E-state index in [1.54, 1.807) is 0 Å². The Morgan fingerprint density at radius 1 is 1.26 bits per heavy atom. The maximum absolute atomic E-state index is 12.2. The highest BCUT2D eigenvalue weighted by Gasteiger charge is 2.15. The smallest absolute Gasteiger partial charge is 0.270 e. The van der Waals surface area contributed by atoms with E-state index in [1.807, 2.05) is 24.3 Å². The lowest BCUT2D eigenvalue weighted by atomic mass is 9.98. The van der Waals surface area contributed by atoms with E-state index in [2.05, 4.69) is 19.2 Å². The third kappa shape index (κ3) is 4.07. The van der Waals surface area contributed by atoms with Gasteiger partial charge in [-0.25, -0.2) is 0 Å². The summed E-state index contributed by atoms with van der Waals surface area (Å²) in [5, 5.41) is 13.5. The van der Waals surface area contributed by atoms with Crippen LogP contribution in [-0.2, 0) is 0 Å². The van der Waals surface area contributed by atoms with E-state index in [4.69, 9.17) is 11.6 Å². The number of benzene rings is 2. The third-order valence-electron chi connectivity index (χ3n) is 3.76. The van der Waals surface area contributed by atoms with Crippen molar-refractivity contribution in [3.63, 3.8) is 0 Å². The summed E-state index contributed by atoms with van der Waals surface area (Å²) in [5.74, 6) is 0.0602. The summed E-state index contributed by atoms with van der Waals surface area (Å²) >= 11 is 5.95. The molecule has 6 heteroatoms. The van der Waals surface area contributed by atoms with Crippen molar-refractivity contribution in [2.45, 2.75) is 26.2 Å². The van der Waals surface area contributed by atoms with Crippen LogP contribution >= 0.6 is 11.6 Å². The molecule has 0 aliphatic rings. The Hall–Kier alpha value is -2.40. The number of non-ortho nitro benzene ring substituents is 1. The van der Waals surface area contributed by atoms with E-state index in [0.717, 1.165) is 6.42 Å². The Balaban J connectivity index is 2.14. The monoisotopic (exact) mass is 332 g/mol. The lowest BCUT2D eigenvalue weighted by Gasteiger charge is -2.11. The van der Waals surface area contributed by atoms with E-state index in [1.165, 1.54) is 23.8 Å². The quantitative estimate of drug-likeness (QED) is 0.617. The largest absolute Gasteiger partial charge is 0.322 e. The summed E-state index contributed by atoms with van der Waals surface area (Å²) in [7, 11) is 0. The number of carbonyl (C=O) groups is 1. The van der Waals surface area contributed by atoms with Crippen LogP contribution in [0.2, 0.25) is 5.02 Å². The van der Waals surface area contributed by atoms with Crippen LogP contribution in [-0.4, -0.2) is 10.8 Å². The minimum absolute atomic E-state index is 0.0490. The summed E-state index contributed by atoms with van der Waals surface area (Å²) in [5.41, 5.74) is 1.91. The molecule has 0 aromatic heterocycles. The van der Waals surface area contributed by atoms with Crippen molar-refractivity contribution in [1.29, 1.82) is 0 Å². The molecule has 2 aromatic rings. The van der Waals surface area contributed by atoms with E-state index in [-0.39, 0.29) is 16.3 Å². The SMILES string of the molecule is CC[C@@H](C)c1ccc(NC(=O)c2ccc([N+](=O)[O-])cc2Cl)cc1. The Morgan fingerprint density at radius 2 is 1.91 bits per heavy atom. The molecule has 2 rings (SSSR count). The standard InChI is InChI=1S/C17H17ClN2O3/c1-3-11(2)12-4-6-13(7-5-12)19-17(21)15-9-8-14(20(22)23)10-16(15)18/h4-11H,3H2,1-2H3,(H,19,21)/t11-/m1/s1. The molecule has 1 N–H and O–H groups in total. The van der Waals surface area contributed by atoms with Crippen molar-refractivity contribution < 1.29 is 9.72 Å². The summed E-state index contributed by atoms with van der Waals surface area (Å²) in [6.07, 6.45) is 1.05. The molecule has 0 aliphatic carbocycles. The Kier molecular flexibility index (Phi) is 5.34. The Morgan fingerprint density at radius 3 is 2.43 bits per heavy atom. The molecule has 0 unspecified atom stereocenters. The number of anilines is 1. The van der Waals surface area contributed by atoms with Crippen LogP contribution in [0.5, 0.6) is 0 Å². The van der Waals surface area contributed by atoms with Gasteiger partial charge in [0, 0.05) is 17.8 Å². The first-order chi connectivity index (χ1) is 10.9. The number of hydrogen-bond donors (Lipinski definition) is 1. The van der Waals surface area contributed by atoms with Gasteiger partial charge >= 0.3 is 0 Å². The fourth-order valence-electron chi connectivity index (χ4n) is 2.13. The molecule has 23 heavy (non-hydrogen) atoms. The molecule has 2 aromatic carbocycles. The van der Waals surface area contributed by atoms with Crippen molar-refractivity contribution in [2.24, 2.45) is 0 Å². The van der Waals surface area contributed by atoms with E-state index < -0.39 is 10.8 Å². The second-order valence-corrected chi connectivity index (χ2v) is 5.71. The second kappa shape index (κ2) is 7.24. The van der Waals surface area contributed by atoms with Crippen molar-refractivity contribution in [1.82, 2.24) is 0 Å². The highest BCUT2D eigenvalue weighted by Crippen LogP contribution is 2.24. The van der Waals surface area contributed by atoms with Crippen LogP contribution in [0.1, 0.15) is 42.1 Å². The fraction of sp³-hybridized carbons (Fsp3) is 0.235. The number of nitrogens with one attached hydrogen (secondary N) is 1. The molecule has 0 saturated heterocycles. The van der Waals surface area contributed by atoms with Gasteiger partial charge in [0.15, 0.2) is 0 Å². The highest BCUT2D eigenvalue weighted by atomic mass is 35.5. The average Bonchev–Trinajstić information content (AvgIpc) is 2.54. The van der Waals surface area contributed by atoms with Gasteiger partial charge in [-0.05, 0) is 36.1 Å². The second-order valence-electron chi connectivity index (χ2n) is 5.31. The Bertz CT molecular complexity index is 729. The van der Waals surface area contributed by atoms with Crippen LogP contribution in [0, 0.1) is 10.1 Å². The predicted molar refractivity (Wildman–Crippen MR) is 91.2 cm³/mol.